The van der Waals surface area contributed by atoms with Gasteiger partial charge in [-0.05, 0) is 0 Å². The van der Waals surface area contributed by atoms with E-state index in [9.17, 15) is 14.9 Å². The topological polar surface area (TPSA) is 103 Å². The van der Waals surface area contributed by atoms with Gasteiger partial charge in [0.1, 0.15) is 5.69 Å². The Kier molecular flexibility index (Phi) is 3.36. The van der Waals surface area contributed by atoms with E-state index in [4.69, 9.17) is 5.73 Å². The minimum atomic E-state index is -0.510. The molecule has 0 aromatic carbocycles. The minimum Gasteiger partial charge on any atom is -0.347 e. The van der Waals surface area contributed by atoms with E-state index in [0.29, 0.717) is 0 Å². The van der Waals surface area contributed by atoms with Crippen LogP contribution in [0.15, 0.2) is 12.3 Å². The number of hydrogen-bond donors (Lipinski definition) is 2. The third-order valence-corrected chi connectivity index (χ3v) is 4.80. The molecule has 1 aromatic heterocycles. The molecule has 0 saturated heterocycles. The first-order valence-electron chi connectivity index (χ1n) is 6.86. The first kappa shape index (κ1) is 15.5. The highest BCUT2D eigenvalue weighted by Gasteiger charge is 2.60. The molecule has 1 fully saturated rings. The number of hydrogen-bond acceptors (Lipinski definition) is 4. The number of amides is 1. The van der Waals surface area contributed by atoms with Crippen LogP contribution in [0.2, 0.25) is 0 Å². The highest BCUT2D eigenvalue weighted by Crippen LogP contribution is 2.52. The lowest BCUT2D eigenvalue weighted by atomic mass is 9.48. The molecule has 1 amide bonds. The number of rotatable bonds is 3. The largest absolute Gasteiger partial charge is 0.347 e. The summed E-state index contributed by atoms with van der Waals surface area (Å²) in [6.45, 7) is 8.06. The van der Waals surface area contributed by atoms with Crippen LogP contribution in [0.4, 0.5) is 5.69 Å². The monoisotopic (exact) mass is 294 g/mol. The number of nitrogens with one attached hydrogen (secondary N) is 1. The van der Waals surface area contributed by atoms with Crippen LogP contribution in [0.1, 0.15) is 38.2 Å². The van der Waals surface area contributed by atoms with Gasteiger partial charge in [-0.1, -0.05) is 27.7 Å². The van der Waals surface area contributed by atoms with Crippen LogP contribution in [0.5, 0.6) is 0 Å². The van der Waals surface area contributed by atoms with E-state index in [0.717, 1.165) is 0 Å². The van der Waals surface area contributed by atoms with Crippen LogP contribution in [0.3, 0.4) is 0 Å². The smallest absolute Gasteiger partial charge is 0.287 e. The summed E-state index contributed by atoms with van der Waals surface area (Å²) in [6.07, 6.45) is 1.33. The molecular weight excluding hydrogens is 272 g/mol. The minimum absolute atomic E-state index is 0.0157. The Labute approximate surface area is 123 Å². The highest BCUT2D eigenvalue weighted by atomic mass is 16.6. The van der Waals surface area contributed by atoms with Gasteiger partial charge < -0.3 is 15.6 Å². The fourth-order valence-corrected chi connectivity index (χ4v) is 3.63. The molecular formula is C14H22N4O3. The predicted molar refractivity (Wildman–Crippen MR) is 78.9 cm³/mol. The number of nitro groups is 1. The van der Waals surface area contributed by atoms with Gasteiger partial charge >= 0.3 is 0 Å². The van der Waals surface area contributed by atoms with Crippen molar-refractivity contribution in [3.05, 3.63) is 28.1 Å². The van der Waals surface area contributed by atoms with E-state index < -0.39 is 4.92 Å². The average molecular weight is 294 g/mol. The van der Waals surface area contributed by atoms with Gasteiger partial charge in [0, 0.05) is 36.0 Å². The summed E-state index contributed by atoms with van der Waals surface area (Å²) in [5, 5.41) is 13.7. The quantitative estimate of drug-likeness (QED) is 0.650. The molecule has 1 aliphatic carbocycles. The fraction of sp³-hybridized carbons (Fsp3) is 0.643. The number of carbonyl (C=O) groups is 1. The predicted octanol–water partition coefficient (Wildman–Crippen LogP) is 1.42. The zero-order valence-electron chi connectivity index (χ0n) is 13.0. The third kappa shape index (κ3) is 2.21. The molecule has 116 valence electrons. The zero-order valence-corrected chi connectivity index (χ0v) is 13.0. The molecule has 0 aliphatic heterocycles. The average Bonchev–Trinajstić information content (AvgIpc) is 2.76. The van der Waals surface area contributed by atoms with Gasteiger partial charge in [0.2, 0.25) is 0 Å². The third-order valence-electron chi connectivity index (χ3n) is 4.80. The summed E-state index contributed by atoms with van der Waals surface area (Å²) < 4.78 is 1.46. The van der Waals surface area contributed by atoms with E-state index in [2.05, 4.69) is 5.32 Å². The second-order valence-corrected chi connectivity index (χ2v) is 6.98. The van der Waals surface area contributed by atoms with Crippen LogP contribution in [-0.4, -0.2) is 27.5 Å². The van der Waals surface area contributed by atoms with Crippen LogP contribution in [0, 0.1) is 20.9 Å². The SMILES string of the molecule is Cn1cc([N+](=O)[O-])cc1C(=O)NC1C(C)(C)C(N)C1(C)C. The van der Waals surface area contributed by atoms with Gasteiger partial charge in [0.25, 0.3) is 11.6 Å². The molecule has 1 aromatic rings. The summed E-state index contributed by atoms with van der Waals surface area (Å²) in [6, 6.07) is 1.19. The Morgan fingerprint density at radius 2 is 1.90 bits per heavy atom. The van der Waals surface area contributed by atoms with Crippen molar-refractivity contribution in [1.29, 1.82) is 0 Å². The van der Waals surface area contributed by atoms with Crippen molar-refractivity contribution in [2.45, 2.75) is 39.8 Å². The van der Waals surface area contributed by atoms with Crippen LogP contribution >= 0.6 is 0 Å². The van der Waals surface area contributed by atoms with Crippen molar-refractivity contribution in [1.82, 2.24) is 9.88 Å². The summed E-state index contributed by atoms with van der Waals surface area (Å²) in [4.78, 5) is 22.7. The molecule has 0 bridgehead atoms. The normalized spacial score (nSPS) is 26.0. The summed E-state index contributed by atoms with van der Waals surface area (Å²) in [7, 11) is 1.62. The second kappa shape index (κ2) is 4.56. The van der Waals surface area contributed by atoms with Gasteiger partial charge in [-0.2, -0.15) is 0 Å². The van der Waals surface area contributed by atoms with Crippen molar-refractivity contribution in [3.8, 4) is 0 Å². The lowest BCUT2D eigenvalue weighted by Gasteiger charge is -2.62. The van der Waals surface area contributed by atoms with Crippen LogP contribution < -0.4 is 11.1 Å². The molecule has 1 heterocycles. The standard InChI is InChI=1S/C14H22N4O3/c1-13(2)11(15)14(3,4)12(13)16-10(19)9-6-8(18(20)21)7-17(9)5/h6-7,11-12H,15H2,1-5H3,(H,16,19). The number of nitrogens with two attached hydrogens (primary N) is 1. The number of nitrogens with zero attached hydrogens (tertiary/aromatic N) is 2. The summed E-state index contributed by atoms with van der Waals surface area (Å²) in [5.74, 6) is -0.316. The number of carbonyl (C=O) groups excluding carboxylic acids is 1. The number of aromatic nitrogens is 1. The van der Waals surface area contributed by atoms with E-state index in [1.165, 1.54) is 16.8 Å². The van der Waals surface area contributed by atoms with Gasteiger partial charge in [-0.15, -0.1) is 0 Å². The van der Waals surface area contributed by atoms with Gasteiger partial charge in [0.05, 0.1) is 11.1 Å². The van der Waals surface area contributed by atoms with Crippen molar-refractivity contribution >= 4 is 11.6 Å². The first-order chi connectivity index (χ1) is 9.49. The van der Waals surface area contributed by atoms with Crippen LogP contribution in [-0.2, 0) is 7.05 Å². The fourth-order valence-electron chi connectivity index (χ4n) is 3.63. The number of aryl methyl sites for hydroxylation is 1. The molecule has 0 spiro atoms. The Bertz CT molecular complexity index is 587. The van der Waals surface area contributed by atoms with E-state index >= 15 is 0 Å². The Morgan fingerprint density at radius 3 is 2.33 bits per heavy atom. The van der Waals surface area contributed by atoms with Crippen molar-refractivity contribution in [3.63, 3.8) is 0 Å². The van der Waals surface area contributed by atoms with E-state index in [1.54, 1.807) is 7.05 Å². The lowest BCUT2D eigenvalue weighted by Crippen LogP contribution is -2.76. The molecule has 7 nitrogen and oxygen atoms in total. The maximum Gasteiger partial charge on any atom is 0.287 e. The molecule has 3 N–H and O–H groups in total. The molecule has 0 radical (unpaired) electrons. The summed E-state index contributed by atoms with van der Waals surface area (Å²) in [5.41, 5.74) is 5.92. The Hall–Kier alpha value is -1.89. The van der Waals surface area contributed by atoms with Gasteiger partial charge in [-0.3, -0.25) is 14.9 Å². The lowest BCUT2D eigenvalue weighted by molar-refractivity contribution is -0.384. The Balaban J connectivity index is 2.21. The molecule has 7 heteroatoms. The van der Waals surface area contributed by atoms with E-state index in [1.807, 2.05) is 27.7 Å². The van der Waals surface area contributed by atoms with E-state index in [-0.39, 0.29) is 40.2 Å². The maximum absolute atomic E-state index is 12.4. The second-order valence-electron chi connectivity index (χ2n) is 6.98. The van der Waals surface area contributed by atoms with Gasteiger partial charge in [-0.25, -0.2) is 0 Å². The highest BCUT2D eigenvalue weighted by molar-refractivity contribution is 5.94. The molecule has 0 atom stereocenters. The van der Waals surface area contributed by atoms with Crippen LogP contribution in [0.25, 0.3) is 0 Å². The molecule has 1 aliphatic rings. The Morgan fingerprint density at radius 1 is 1.38 bits per heavy atom. The molecule has 2 rings (SSSR count). The molecule has 1 saturated carbocycles. The van der Waals surface area contributed by atoms with Crippen molar-refractivity contribution < 1.29 is 9.72 Å². The molecule has 21 heavy (non-hydrogen) atoms. The van der Waals surface area contributed by atoms with Crippen molar-refractivity contribution in [2.75, 3.05) is 0 Å². The van der Waals surface area contributed by atoms with Crippen molar-refractivity contribution in [2.24, 2.45) is 23.6 Å². The first-order valence-corrected chi connectivity index (χ1v) is 6.86. The zero-order chi connectivity index (χ0) is 16.2. The summed E-state index contributed by atoms with van der Waals surface area (Å²) >= 11 is 0. The maximum atomic E-state index is 12.4. The molecule has 0 unspecified atom stereocenters. The van der Waals surface area contributed by atoms with Gasteiger partial charge in [0.15, 0.2) is 0 Å².